The normalized spacial score (nSPS) is 11.0. The molecular formula is C21H17NO. The van der Waals surface area contributed by atoms with Gasteiger partial charge < -0.3 is 10.1 Å². The third-order valence-corrected chi connectivity index (χ3v) is 4.20. The predicted octanol–water partition coefficient (Wildman–Crippen LogP) is 5.52. The van der Waals surface area contributed by atoms with Gasteiger partial charge in [-0.2, -0.15) is 0 Å². The van der Waals surface area contributed by atoms with E-state index in [1.54, 1.807) is 12.1 Å². The Morgan fingerprint density at radius 2 is 1.39 bits per heavy atom. The minimum Gasteiger partial charge on any atom is -0.508 e. The van der Waals surface area contributed by atoms with Gasteiger partial charge in [-0.1, -0.05) is 60.2 Å². The summed E-state index contributed by atoms with van der Waals surface area (Å²) in [5.41, 5.74) is 6.90. The second-order valence-corrected chi connectivity index (χ2v) is 5.83. The molecule has 1 aromatic heterocycles. The molecule has 0 spiro atoms. The molecule has 0 amide bonds. The first-order valence-electron chi connectivity index (χ1n) is 7.69. The van der Waals surface area contributed by atoms with Gasteiger partial charge in [0.25, 0.3) is 0 Å². The quantitative estimate of drug-likeness (QED) is 0.502. The average Bonchev–Trinajstić information content (AvgIpc) is 2.96. The first-order chi connectivity index (χ1) is 11.2. The van der Waals surface area contributed by atoms with Crippen molar-refractivity contribution >= 4 is 10.9 Å². The Hall–Kier alpha value is -3.00. The molecular weight excluding hydrogens is 282 g/mol. The summed E-state index contributed by atoms with van der Waals surface area (Å²) in [6, 6.07) is 24.2. The zero-order valence-corrected chi connectivity index (χ0v) is 12.9. The largest absolute Gasteiger partial charge is 0.508 e. The van der Waals surface area contributed by atoms with Crippen LogP contribution in [0.15, 0.2) is 72.8 Å². The lowest BCUT2D eigenvalue weighted by atomic mass is 9.98. The Morgan fingerprint density at radius 3 is 2.13 bits per heavy atom. The highest BCUT2D eigenvalue weighted by Gasteiger charge is 2.14. The number of aromatic hydroxyl groups is 1. The van der Waals surface area contributed by atoms with E-state index in [0.29, 0.717) is 0 Å². The van der Waals surface area contributed by atoms with Gasteiger partial charge in [-0.05, 0) is 36.2 Å². The van der Waals surface area contributed by atoms with Gasteiger partial charge in [-0.3, -0.25) is 0 Å². The van der Waals surface area contributed by atoms with Crippen LogP contribution in [0.3, 0.4) is 0 Å². The molecule has 23 heavy (non-hydrogen) atoms. The molecule has 0 fully saturated rings. The van der Waals surface area contributed by atoms with Crippen LogP contribution in [-0.4, -0.2) is 10.1 Å². The summed E-state index contributed by atoms with van der Waals surface area (Å²) in [6.45, 7) is 2.09. The van der Waals surface area contributed by atoms with Crippen molar-refractivity contribution in [3.8, 4) is 28.1 Å². The molecule has 1 heterocycles. The molecule has 0 bridgehead atoms. The summed E-state index contributed by atoms with van der Waals surface area (Å²) in [5.74, 6) is 0.283. The third kappa shape index (κ3) is 2.38. The summed E-state index contributed by atoms with van der Waals surface area (Å²) in [4.78, 5) is 3.55. The number of benzene rings is 3. The number of phenols is 1. The molecule has 2 heteroatoms. The van der Waals surface area contributed by atoms with Crippen molar-refractivity contribution in [3.05, 3.63) is 78.4 Å². The van der Waals surface area contributed by atoms with Crippen LogP contribution in [0.2, 0.25) is 0 Å². The van der Waals surface area contributed by atoms with Crippen LogP contribution in [0, 0.1) is 6.92 Å². The maximum atomic E-state index is 9.58. The molecule has 0 saturated heterocycles. The lowest BCUT2D eigenvalue weighted by molar-refractivity contribution is 0.475. The minimum atomic E-state index is 0.283. The molecule has 0 radical (unpaired) electrons. The number of nitrogens with one attached hydrogen (secondary N) is 1. The Kier molecular flexibility index (Phi) is 3.16. The van der Waals surface area contributed by atoms with E-state index in [-0.39, 0.29) is 5.75 Å². The molecule has 0 atom stereocenters. The maximum Gasteiger partial charge on any atom is 0.115 e. The number of phenolic OH excluding ortho intramolecular Hbond substituents is 1. The number of aromatic nitrogens is 1. The van der Waals surface area contributed by atoms with E-state index >= 15 is 0 Å². The smallest absolute Gasteiger partial charge is 0.115 e. The molecule has 0 saturated carbocycles. The molecule has 112 valence electrons. The number of hydrogen-bond acceptors (Lipinski definition) is 1. The van der Waals surface area contributed by atoms with E-state index in [1.165, 1.54) is 16.5 Å². The van der Waals surface area contributed by atoms with Crippen LogP contribution >= 0.6 is 0 Å². The molecule has 0 aliphatic heterocycles. The van der Waals surface area contributed by atoms with Crippen molar-refractivity contribution < 1.29 is 5.11 Å². The molecule has 2 nitrogen and oxygen atoms in total. The first-order valence-corrected chi connectivity index (χ1v) is 7.69. The fourth-order valence-electron chi connectivity index (χ4n) is 3.01. The molecule has 4 rings (SSSR count). The number of H-pyrrole nitrogens is 1. The molecule has 2 N–H and O–H groups in total. The number of hydrogen-bond donors (Lipinski definition) is 2. The number of fused-ring (bicyclic) bond motifs is 1. The van der Waals surface area contributed by atoms with Gasteiger partial charge in [0.05, 0.1) is 5.69 Å². The molecule has 0 aliphatic carbocycles. The van der Waals surface area contributed by atoms with Gasteiger partial charge in [0.15, 0.2) is 0 Å². The van der Waals surface area contributed by atoms with Gasteiger partial charge in [-0.15, -0.1) is 0 Å². The SMILES string of the molecule is Cc1ccc(-c2[nH]c3ccccc3c2-c2ccc(O)cc2)cc1. The minimum absolute atomic E-state index is 0.283. The van der Waals surface area contributed by atoms with Crippen LogP contribution in [0.5, 0.6) is 5.75 Å². The topological polar surface area (TPSA) is 36.0 Å². The van der Waals surface area contributed by atoms with Crippen molar-refractivity contribution in [1.82, 2.24) is 4.98 Å². The van der Waals surface area contributed by atoms with E-state index in [2.05, 4.69) is 54.4 Å². The van der Waals surface area contributed by atoms with Crippen molar-refractivity contribution in [2.24, 2.45) is 0 Å². The number of aromatic amines is 1. The number of rotatable bonds is 2. The summed E-state index contributed by atoms with van der Waals surface area (Å²) in [5, 5.41) is 10.8. The van der Waals surface area contributed by atoms with E-state index in [1.807, 2.05) is 18.2 Å². The van der Waals surface area contributed by atoms with Crippen LogP contribution in [0.25, 0.3) is 33.3 Å². The standard InChI is InChI=1S/C21H17NO/c1-14-6-8-16(9-7-14)21-20(15-10-12-17(23)13-11-15)18-4-2-3-5-19(18)22-21/h2-13,22-23H,1H3. The first kappa shape index (κ1) is 13.6. The maximum absolute atomic E-state index is 9.58. The summed E-state index contributed by atoms with van der Waals surface area (Å²) < 4.78 is 0. The average molecular weight is 299 g/mol. The lowest BCUT2D eigenvalue weighted by Gasteiger charge is -2.06. The van der Waals surface area contributed by atoms with Crippen molar-refractivity contribution in [1.29, 1.82) is 0 Å². The zero-order valence-electron chi connectivity index (χ0n) is 12.9. The van der Waals surface area contributed by atoms with Crippen molar-refractivity contribution in [2.45, 2.75) is 6.92 Å². The van der Waals surface area contributed by atoms with Crippen molar-refractivity contribution in [3.63, 3.8) is 0 Å². The van der Waals surface area contributed by atoms with E-state index < -0.39 is 0 Å². The third-order valence-electron chi connectivity index (χ3n) is 4.20. The van der Waals surface area contributed by atoms with Crippen LogP contribution in [-0.2, 0) is 0 Å². The Bertz CT molecular complexity index is 963. The number of aryl methyl sites for hydroxylation is 1. The summed E-state index contributed by atoms with van der Waals surface area (Å²) >= 11 is 0. The summed E-state index contributed by atoms with van der Waals surface area (Å²) in [7, 11) is 0. The fraction of sp³-hybridized carbons (Fsp3) is 0.0476. The van der Waals surface area contributed by atoms with Gasteiger partial charge in [0, 0.05) is 16.5 Å². The van der Waals surface area contributed by atoms with Crippen molar-refractivity contribution in [2.75, 3.05) is 0 Å². The van der Waals surface area contributed by atoms with E-state index in [0.717, 1.165) is 22.3 Å². The van der Waals surface area contributed by atoms with Crippen LogP contribution in [0.1, 0.15) is 5.56 Å². The second kappa shape index (κ2) is 5.33. The Labute approximate surface area is 135 Å². The van der Waals surface area contributed by atoms with Gasteiger partial charge >= 0.3 is 0 Å². The highest BCUT2D eigenvalue weighted by atomic mass is 16.3. The van der Waals surface area contributed by atoms with E-state index in [4.69, 9.17) is 0 Å². The van der Waals surface area contributed by atoms with Gasteiger partial charge in [0.2, 0.25) is 0 Å². The van der Waals surface area contributed by atoms with Crippen LogP contribution in [0.4, 0.5) is 0 Å². The van der Waals surface area contributed by atoms with Gasteiger partial charge in [0.1, 0.15) is 5.75 Å². The van der Waals surface area contributed by atoms with Crippen LogP contribution < -0.4 is 0 Å². The van der Waals surface area contributed by atoms with Gasteiger partial charge in [-0.25, -0.2) is 0 Å². The highest BCUT2D eigenvalue weighted by molar-refractivity contribution is 6.03. The molecule has 3 aromatic carbocycles. The Balaban J connectivity index is 2.01. The summed E-state index contributed by atoms with van der Waals surface area (Å²) in [6.07, 6.45) is 0. The van der Waals surface area contributed by atoms with E-state index in [9.17, 15) is 5.11 Å². The second-order valence-electron chi connectivity index (χ2n) is 5.83. The molecule has 0 unspecified atom stereocenters. The number of para-hydroxylation sites is 1. The molecule has 4 aromatic rings. The molecule has 0 aliphatic rings. The predicted molar refractivity (Wildman–Crippen MR) is 95.6 cm³/mol. The monoisotopic (exact) mass is 299 g/mol. The Morgan fingerprint density at radius 1 is 0.739 bits per heavy atom. The zero-order chi connectivity index (χ0) is 15.8. The fourth-order valence-corrected chi connectivity index (χ4v) is 3.01. The highest BCUT2D eigenvalue weighted by Crippen LogP contribution is 2.38. The lowest BCUT2D eigenvalue weighted by Crippen LogP contribution is -1.83.